The van der Waals surface area contributed by atoms with Crippen LogP contribution >= 0.6 is 0 Å². The standard InChI is InChI=1S/C13H18N4O2S/c1-2-17-20(18,19)12-5-3-11(4-6-12)14-8-7-13-15-9-10-16-13/h3-6,9-10,14,17H,2,7-8H2,1H3,(H,15,16). The topological polar surface area (TPSA) is 86.9 Å². The number of nitrogens with one attached hydrogen (secondary N) is 3. The number of aromatic amines is 1. The van der Waals surface area contributed by atoms with Gasteiger partial charge in [0.25, 0.3) is 0 Å². The van der Waals surface area contributed by atoms with Crippen LogP contribution in [0.5, 0.6) is 0 Å². The smallest absolute Gasteiger partial charge is 0.240 e. The SMILES string of the molecule is CCNS(=O)(=O)c1ccc(NCCc2ncc[nH]2)cc1. The summed E-state index contributed by atoms with van der Waals surface area (Å²) in [7, 11) is -3.38. The van der Waals surface area contributed by atoms with E-state index in [1.807, 2.05) is 0 Å². The molecule has 0 fully saturated rings. The first-order valence-corrected chi connectivity index (χ1v) is 7.92. The number of anilines is 1. The van der Waals surface area contributed by atoms with Crippen LogP contribution in [0.3, 0.4) is 0 Å². The third-order valence-electron chi connectivity index (χ3n) is 2.74. The summed E-state index contributed by atoms with van der Waals surface area (Å²) in [5, 5.41) is 3.22. The highest BCUT2D eigenvalue weighted by Gasteiger charge is 2.11. The van der Waals surface area contributed by atoms with Crippen LogP contribution in [0, 0.1) is 0 Å². The molecule has 0 amide bonds. The fourth-order valence-corrected chi connectivity index (χ4v) is 2.83. The van der Waals surface area contributed by atoms with Gasteiger partial charge in [-0.25, -0.2) is 18.1 Å². The van der Waals surface area contributed by atoms with Crippen molar-refractivity contribution in [3.8, 4) is 0 Å². The van der Waals surface area contributed by atoms with Crippen molar-refractivity contribution in [1.82, 2.24) is 14.7 Å². The summed E-state index contributed by atoms with van der Waals surface area (Å²) in [6, 6.07) is 6.69. The van der Waals surface area contributed by atoms with Crippen molar-refractivity contribution < 1.29 is 8.42 Å². The van der Waals surface area contributed by atoms with E-state index in [1.54, 1.807) is 43.6 Å². The van der Waals surface area contributed by atoms with Crippen LogP contribution < -0.4 is 10.0 Å². The highest BCUT2D eigenvalue weighted by molar-refractivity contribution is 7.89. The van der Waals surface area contributed by atoms with Crippen LogP contribution in [0.2, 0.25) is 0 Å². The van der Waals surface area contributed by atoms with Crippen molar-refractivity contribution in [1.29, 1.82) is 0 Å². The third-order valence-corrected chi connectivity index (χ3v) is 4.31. The quantitative estimate of drug-likeness (QED) is 0.719. The van der Waals surface area contributed by atoms with Crippen LogP contribution in [-0.2, 0) is 16.4 Å². The lowest BCUT2D eigenvalue weighted by Crippen LogP contribution is -2.23. The van der Waals surface area contributed by atoms with Gasteiger partial charge in [0.05, 0.1) is 4.90 Å². The fraction of sp³-hybridized carbons (Fsp3) is 0.308. The molecule has 1 aromatic heterocycles. The van der Waals surface area contributed by atoms with Crippen LogP contribution in [0.4, 0.5) is 5.69 Å². The van der Waals surface area contributed by atoms with Crippen LogP contribution in [-0.4, -0.2) is 31.5 Å². The second kappa shape index (κ2) is 6.53. The molecule has 1 heterocycles. The van der Waals surface area contributed by atoms with E-state index in [1.165, 1.54) is 0 Å². The molecule has 2 rings (SSSR count). The highest BCUT2D eigenvalue weighted by Crippen LogP contribution is 2.13. The molecule has 0 aliphatic rings. The zero-order valence-electron chi connectivity index (χ0n) is 11.3. The van der Waals surface area contributed by atoms with Crippen molar-refractivity contribution in [3.05, 3.63) is 42.5 Å². The second-order valence-electron chi connectivity index (χ2n) is 4.24. The van der Waals surface area contributed by atoms with Gasteiger partial charge < -0.3 is 10.3 Å². The minimum absolute atomic E-state index is 0.274. The number of H-pyrrole nitrogens is 1. The first kappa shape index (κ1) is 14.5. The number of hydrogen-bond acceptors (Lipinski definition) is 4. The Balaban J connectivity index is 1.91. The zero-order valence-corrected chi connectivity index (χ0v) is 12.1. The Hall–Kier alpha value is -1.86. The van der Waals surface area contributed by atoms with E-state index in [4.69, 9.17) is 0 Å². The van der Waals surface area contributed by atoms with Gasteiger partial charge in [-0.15, -0.1) is 0 Å². The molecule has 7 heteroatoms. The highest BCUT2D eigenvalue weighted by atomic mass is 32.2. The number of benzene rings is 1. The van der Waals surface area contributed by atoms with Gasteiger partial charge in [0.1, 0.15) is 5.82 Å². The van der Waals surface area contributed by atoms with Gasteiger partial charge in [-0.05, 0) is 24.3 Å². The number of hydrogen-bond donors (Lipinski definition) is 3. The molecule has 108 valence electrons. The Morgan fingerprint density at radius 2 is 2.00 bits per heavy atom. The van der Waals surface area contributed by atoms with Gasteiger partial charge >= 0.3 is 0 Å². The summed E-state index contributed by atoms with van der Waals surface area (Å²) >= 11 is 0. The summed E-state index contributed by atoms with van der Waals surface area (Å²) in [5.74, 6) is 0.920. The number of nitrogens with zero attached hydrogens (tertiary/aromatic N) is 1. The lowest BCUT2D eigenvalue weighted by molar-refractivity contribution is 0.584. The maximum Gasteiger partial charge on any atom is 0.240 e. The summed E-state index contributed by atoms with van der Waals surface area (Å²) in [4.78, 5) is 7.43. The van der Waals surface area contributed by atoms with Gasteiger partial charge in [-0.2, -0.15) is 0 Å². The number of imidazole rings is 1. The minimum Gasteiger partial charge on any atom is -0.385 e. The Bertz CT molecular complexity index is 621. The van der Waals surface area contributed by atoms with Gasteiger partial charge in [0.15, 0.2) is 0 Å². The first-order chi connectivity index (χ1) is 9.62. The Morgan fingerprint density at radius 1 is 1.25 bits per heavy atom. The van der Waals surface area contributed by atoms with E-state index in [-0.39, 0.29) is 4.90 Å². The van der Waals surface area contributed by atoms with E-state index in [0.29, 0.717) is 6.54 Å². The Labute approximate surface area is 118 Å². The third kappa shape index (κ3) is 3.82. The molecule has 0 saturated heterocycles. The summed E-state index contributed by atoms with van der Waals surface area (Å²) in [6.45, 7) is 2.86. The largest absolute Gasteiger partial charge is 0.385 e. The summed E-state index contributed by atoms with van der Waals surface area (Å²) < 4.78 is 26.0. The number of aromatic nitrogens is 2. The van der Waals surface area contributed by atoms with E-state index in [0.717, 1.165) is 24.5 Å². The normalized spacial score (nSPS) is 11.4. The summed E-state index contributed by atoms with van der Waals surface area (Å²) in [6.07, 6.45) is 4.29. The number of rotatable bonds is 7. The van der Waals surface area contributed by atoms with Crippen LogP contribution in [0.1, 0.15) is 12.7 Å². The maximum atomic E-state index is 11.8. The van der Waals surface area contributed by atoms with Gasteiger partial charge in [0, 0.05) is 37.6 Å². The van der Waals surface area contributed by atoms with Gasteiger partial charge in [-0.3, -0.25) is 0 Å². The molecular formula is C13H18N4O2S. The zero-order chi connectivity index (χ0) is 14.4. The van der Waals surface area contributed by atoms with Gasteiger partial charge in [-0.1, -0.05) is 6.92 Å². The molecular weight excluding hydrogens is 276 g/mol. The fourth-order valence-electron chi connectivity index (χ4n) is 1.79. The van der Waals surface area contributed by atoms with Crippen molar-refractivity contribution >= 4 is 15.7 Å². The summed E-state index contributed by atoms with van der Waals surface area (Å²) in [5.41, 5.74) is 0.881. The molecule has 0 aliphatic carbocycles. The molecule has 0 bridgehead atoms. The molecule has 0 atom stereocenters. The molecule has 20 heavy (non-hydrogen) atoms. The predicted octanol–water partition coefficient (Wildman–Crippen LogP) is 1.36. The Morgan fingerprint density at radius 3 is 2.60 bits per heavy atom. The van der Waals surface area contributed by atoms with E-state index < -0.39 is 10.0 Å². The molecule has 0 unspecified atom stereocenters. The number of sulfonamides is 1. The average molecular weight is 294 g/mol. The van der Waals surface area contributed by atoms with Crippen LogP contribution in [0.25, 0.3) is 0 Å². The van der Waals surface area contributed by atoms with E-state index in [9.17, 15) is 8.42 Å². The monoisotopic (exact) mass is 294 g/mol. The minimum atomic E-state index is -3.38. The lowest BCUT2D eigenvalue weighted by atomic mass is 10.3. The van der Waals surface area contributed by atoms with Crippen molar-refractivity contribution in [2.24, 2.45) is 0 Å². The molecule has 1 aromatic carbocycles. The average Bonchev–Trinajstić information content (AvgIpc) is 2.92. The van der Waals surface area contributed by atoms with Gasteiger partial charge in [0.2, 0.25) is 10.0 Å². The molecule has 0 aliphatic heterocycles. The van der Waals surface area contributed by atoms with E-state index >= 15 is 0 Å². The van der Waals surface area contributed by atoms with Crippen molar-refractivity contribution in [2.75, 3.05) is 18.4 Å². The molecule has 0 radical (unpaired) electrons. The van der Waals surface area contributed by atoms with Crippen molar-refractivity contribution in [3.63, 3.8) is 0 Å². The lowest BCUT2D eigenvalue weighted by Gasteiger charge is -2.07. The van der Waals surface area contributed by atoms with Crippen LogP contribution in [0.15, 0.2) is 41.6 Å². The predicted molar refractivity (Wildman–Crippen MR) is 78.1 cm³/mol. The van der Waals surface area contributed by atoms with E-state index in [2.05, 4.69) is 20.0 Å². The molecule has 0 saturated carbocycles. The molecule has 0 spiro atoms. The second-order valence-corrected chi connectivity index (χ2v) is 6.01. The first-order valence-electron chi connectivity index (χ1n) is 6.43. The molecule has 2 aromatic rings. The molecule has 3 N–H and O–H groups in total. The Kier molecular flexibility index (Phi) is 4.75. The maximum absolute atomic E-state index is 11.8. The van der Waals surface area contributed by atoms with Crippen molar-refractivity contribution in [2.45, 2.75) is 18.2 Å². The molecule has 6 nitrogen and oxygen atoms in total.